The molecule has 0 aromatic carbocycles. The van der Waals surface area contributed by atoms with Gasteiger partial charge >= 0.3 is 11.9 Å². The first-order chi connectivity index (χ1) is 12.4. The highest BCUT2D eigenvalue weighted by molar-refractivity contribution is 8.04. The van der Waals surface area contributed by atoms with Gasteiger partial charge in [0.1, 0.15) is 30.0 Å². The van der Waals surface area contributed by atoms with Gasteiger partial charge in [0.05, 0.1) is 0 Å². The van der Waals surface area contributed by atoms with Crippen molar-refractivity contribution in [3.63, 3.8) is 0 Å². The monoisotopic (exact) mass is 456 g/mol. The van der Waals surface area contributed by atoms with Crippen molar-refractivity contribution in [3.05, 3.63) is 22.4 Å². The van der Waals surface area contributed by atoms with E-state index in [1.165, 1.54) is 25.0 Å². The van der Waals surface area contributed by atoms with Gasteiger partial charge in [-0.3, -0.25) is 19.3 Å². The SMILES string of the molecule is CC(=O)NC1C(=O)N2C(C(=O)OCC(Cl)(Cl)Cl)=C(C)C(=COC(C)=O)S[C@H]12. The van der Waals surface area contributed by atoms with Crippen LogP contribution < -0.4 is 5.32 Å². The zero-order valence-corrected chi connectivity index (χ0v) is 17.5. The number of β-lactam (4-membered cyclic amide) rings is 1. The molecule has 0 spiro atoms. The molecule has 8 nitrogen and oxygen atoms in total. The number of halogens is 3. The summed E-state index contributed by atoms with van der Waals surface area (Å²) in [7, 11) is 0. The summed E-state index contributed by atoms with van der Waals surface area (Å²) in [5.41, 5.74) is 0.277. The van der Waals surface area contributed by atoms with E-state index in [0.29, 0.717) is 10.5 Å². The molecule has 2 amide bonds. The van der Waals surface area contributed by atoms with Crippen molar-refractivity contribution >= 4 is 70.3 Å². The summed E-state index contributed by atoms with van der Waals surface area (Å²) < 4.78 is 8.05. The van der Waals surface area contributed by atoms with Crippen LogP contribution in [-0.4, -0.2) is 50.5 Å². The zero-order chi connectivity index (χ0) is 20.5. The van der Waals surface area contributed by atoms with Gasteiger partial charge in [-0.05, 0) is 12.5 Å². The van der Waals surface area contributed by atoms with Gasteiger partial charge in [0.15, 0.2) is 0 Å². The number of carbonyl (C=O) groups excluding carboxylic acids is 4. The number of amides is 2. The summed E-state index contributed by atoms with van der Waals surface area (Å²) in [5.74, 6) is -2.31. The maximum atomic E-state index is 12.5. The molecule has 2 aliphatic rings. The lowest BCUT2D eigenvalue weighted by molar-refractivity contribution is -0.152. The van der Waals surface area contributed by atoms with Crippen molar-refractivity contribution in [2.45, 2.75) is 36.0 Å². The highest BCUT2D eigenvalue weighted by Gasteiger charge is 2.55. The summed E-state index contributed by atoms with van der Waals surface area (Å²) in [6.07, 6.45) is 1.18. The van der Waals surface area contributed by atoms with E-state index >= 15 is 0 Å². The molecular weight excluding hydrogens is 443 g/mol. The summed E-state index contributed by atoms with van der Waals surface area (Å²) in [6.45, 7) is 3.53. The van der Waals surface area contributed by atoms with Crippen LogP contribution in [0.15, 0.2) is 22.4 Å². The van der Waals surface area contributed by atoms with Crippen LogP contribution >= 0.6 is 46.6 Å². The van der Waals surface area contributed by atoms with E-state index in [4.69, 9.17) is 44.3 Å². The quantitative estimate of drug-likeness (QED) is 0.298. The normalized spacial score (nSPS) is 23.6. The number of esters is 2. The number of nitrogens with zero attached hydrogens (tertiary/aromatic N) is 1. The predicted molar refractivity (Wildman–Crippen MR) is 99.6 cm³/mol. The molecule has 2 heterocycles. The molecule has 0 saturated carbocycles. The van der Waals surface area contributed by atoms with Crippen molar-refractivity contribution in [2.24, 2.45) is 0 Å². The fourth-order valence-corrected chi connectivity index (χ4v) is 3.85. The number of fused-ring (bicyclic) bond motifs is 1. The number of hydrogen-bond donors (Lipinski definition) is 1. The van der Waals surface area contributed by atoms with Gasteiger partial charge in [-0.1, -0.05) is 46.6 Å². The lowest BCUT2D eigenvalue weighted by Crippen LogP contribution is -2.70. The Bertz CT molecular complexity index is 761. The van der Waals surface area contributed by atoms with Gasteiger partial charge < -0.3 is 14.8 Å². The van der Waals surface area contributed by atoms with Crippen LogP contribution in [0.1, 0.15) is 20.8 Å². The Morgan fingerprint density at radius 3 is 2.44 bits per heavy atom. The van der Waals surface area contributed by atoms with Crippen LogP contribution in [0.4, 0.5) is 0 Å². The topological polar surface area (TPSA) is 102 Å². The number of carbonyl (C=O) groups is 4. The second-order valence-electron chi connectivity index (χ2n) is 5.65. The first-order valence-corrected chi connectivity index (χ1v) is 9.53. The lowest BCUT2D eigenvalue weighted by atomic mass is 10.0. The molecule has 2 atom stereocenters. The van der Waals surface area contributed by atoms with Crippen LogP contribution in [0.5, 0.6) is 0 Å². The lowest BCUT2D eigenvalue weighted by Gasteiger charge is -2.49. The van der Waals surface area contributed by atoms with Crippen LogP contribution in [0.2, 0.25) is 0 Å². The molecule has 1 N–H and O–H groups in total. The Balaban J connectivity index is 2.36. The van der Waals surface area contributed by atoms with Gasteiger partial charge in [-0.2, -0.15) is 0 Å². The Hall–Kier alpha value is -1.42. The Morgan fingerprint density at radius 1 is 1.30 bits per heavy atom. The van der Waals surface area contributed by atoms with E-state index in [-0.39, 0.29) is 5.70 Å². The van der Waals surface area contributed by atoms with E-state index in [0.717, 1.165) is 11.8 Å². The fraction of sp³-hybridized carbons (Fsp3) is 0.467. The third-order valence-corrected chi connectivity index (χ3v) is 5.22. The number of ether oxygens (including phenoxy) is 2. The summed E-state index contributed by atoms with van der Waals surface area (Å²) >= 11 is 17.9. The molecule has 0 aromatic rings. The third-order valence-electron chi connectivity index (χ3n) is 3.51. The number of hydrogen-bond acceptors (Lipinski definition) is 7. The van der Waals surface area contributed by atoms with Crippen molar-refractivity contribution in [2.75, 3.05) is 6.61 Å². The van der Waals surface area contributed by atoms with Crippen molar-refractivity contribution < 1.29 is 28.7 Å². The van der Waals surface area contributed by atoms with E-state index in [1.807, 2.05) is 0 Å². The first-order valence-electron chi connectivity index (χ1n) is 7.51. The predicted octanol–water partition coefficient (Wildman–Crippen LogP) is 2.00. The maximum Gasteiger partial charge on any atom is 0.355 e. The van der Waals surface area contributed by atoms with Gasteiger partial charge in [-0.25, -0.2) is 4.79 Å². The number of rotatable bonds is 4. The van der Waals surface area contributed by atoms with Crippen LogP contribution in [0.25, 0.3) is 0 Å². The highest BCUT2D eigenvalue weighted by atomic mass is 35.6. The highest BCUT2D eigenvalue weighted by Crippen LogP contribution is 2.46. The minimum atomic E-state index is -1.82. The maximum absolute atomic E-state index is 12.5. The minimum Gasteiger partial charge on any atom is -0.456 e. The zero-order valence-electron chi connectivity index (χ0n) is 14.4. The minimum absolute atomic E-state index is 0.0713. The van der Waals surface area contributed by atoms with Gasteiger partial charge in [0, 0.05) is 18.8 Å². The standard InChI is InChI=1S/C15H15Cl3N2O6S/c1-6-9(4-25-8(3)22)27-13-10(19-7(2)21)12(23)20(13)11(6)14(24)26-5-15(16,17)18/h4,10,13H,5H2,1-3H3,(H,19,21)/t10?,13-/m1/s1. The molecule has 1 unspecified atom stereocenters. The van der Waals surface area contributed by atoms with E-state index in [1.54, 1.807) is 6.92 Å². The summed E-state index contributed by atoms with van der Waals surface area (Å²) in [5, 5.41) is 1.91. The smallest absolute Gasteiger partial charge is 0.355 e. The van der Waals surface area contributed by atoms with Crippen LogP contribution in [-0.2, 0) is 28.7 Å². The van der Waals surface area contributed by atoms with Crippen LogP contribution in [0, 0.1) is 0 Å². The largest absolute Gasteiger partial charge is 0.456 e. The fourth-order valence-electron chi connectivity index (χ4n) is 2.41. The van der Waals surface area contributed by atoms with Gasteiger partial charge in [0.2, 0.25) is 9.70 Å². The van der Waals surface area contributed by atoms with E-state index in [2.05, 4.69) is 5.32 Å². The molecule has 0 radical (unpaired) electrons. The number of alkyl halides is 3. The molecule has 27 heavy (non-hydrogen) atoms. The number of nitrogens with one attached hydrogen (secondary N) is 1. The van der Waals surface area contributed by atoms with Gasteiger partial charge in [-0.15, -0.1) is 0 Å². The molecule has 0 aromatic heterocycles. The first kappa shape index (κ1) is 21.9. The van der Waals surface area contributed by atoms with E-state index < -0.39 is 45.6 Å². The summed E-state index contributed by atoms with van der Waals surface area (Å²) in [6, 6.07) is -0.836. The van der Waals surface area contributed by atoms with Gasteiger partial charge in [0.25, 0.3) is 5.91 Å². The average Bonchev–Trinajstić information content (AvgIpc) is 2.55. The molecule has 0 aliphatic carbocycles. The number of allylic oxidation sites excluding steroid dienone is 1. The molecule has 2 rings (SSSR count). The molecular formula is C15H15Cl3N2O6S. The second-order valence-corrected chi connectivity index (χ2v) is 9.33. The van der Waals surface area contributed by atoms with Crippen molar-refractivity contribution in [3.8, 4) is 0 Å². The second kappa shape index (κ2) is 8.30. The molecule has 148 valence electrons. The number of thioether (sulfide) groups is 1. The molecule has 12 heteroatoms. The molecule has 2 aliphatic heterocycles. The Labute approximate surface area is 174 Å². The third kappa shape index (κ3) is 5.10. The Morgan fingerprint density at radius 2 is 1.93 bits per heavy atom. The van der Waals surface area contributed by atoms with Crippen LogP contribution in [0.3, 0.4) is 0 Å². The Kier molecular flexibility index (Phi) is 6.72. The van der Waals surface area contributed by atoms with Crippen molar-refractivity contribution in [1.82, 2.24) is 10.2 Å². The average molecular weight is 458 g/mol. The molecule has 1 saturated heterocycles. The van der Waals surface area contributed by atoms with E-state index in [9.17, 15) is 19.2 Å². The summed E-state index contributed by atoms with van der Waals surface area (Å²) in [4.78, 5) is 49.0. The molecule has 0 bridgehead atoms. The molecule has 1 fully saturated rings. The van der Waals surface area contributed by atoms with Crippen molar-refractivity contribution in [1.29, 1.82) is 0 Å².